The second kappa shape index (κ2) is 4.44. The van der Waals surface area contributed by atoms with E-state index in [0.717, 1.165) is 16.8 Å². The van der Waals surface area contributed by atoms with Gasteiger partial charge in [-0.1, -0.05) is 12.1 Å². The van der Waals surface area contributed by atoms with Crippen LogP contribution in [0.25, 0.3) is 17.0 Å². The molecule has 2 aromatic heterocycles. The SMILES string of the molecule is Nc1cc(C(F)(F)F)cn2nc(-c3cccc(F)c3)nc12. The highest BCUT2D eigenvalue weighted by Gasteiger charge is 2.32. The number of rotatable bonds is 1. The van der Waals surface area contributed by atoms with Crippen molar-refractivity contribution < 1.29 is 17.6 Å². The molecule has 108 valence electrons. The maximum atomic E-state index is 13.2. The fourth-order valence-corrected chi connectivity index (χ4v) is 1.92. The van der Waals surface area contributed by atoms with Crippen LogP contribution >= 0.6 is 0 Å². The van der Waals surface area contributed by atoms with Gasteiger partial charge >= 0.3 is 6.18 Å². The Morgan fingerprint density at radius 3 is 2.57 bits per heavy atom. The van der Waals surface area contributed by atoms with Gasteiger partial charge in [-0.3, -0.25) is 0 Å². The molecule has 0 aliphatic rings. The van der Waals surface area contributed by atoms with Crippen LogP contribution < -0.4 is 5.73 Å². The summed E-state index contributed by atoms with van der Waals surface area (Å²) < 4.78 is 52.3. The zero-order valence-corrected chi connectivity index (χ0v) is 10.4. The van der Waals surface area contributed by atoms with E-state index in [4.69, 9.17) is 5.73 Å². The Balaban J connectivity index is 2.18. The average molecular weight is 296 g/mol. The van der Waals surface area contributed by atoms with Gasteiger partial charge in [-0.2, -0.15) is 13.2 Å². The number of benzene rings is 1. The van der Waals surface area contributed by atoms with E-state index in [-0.39, 0.29) is 17.2 Å². The third-order valence-corrected chi connectivity index (χ3v) is 2.87. The fourth-order valence-electron chi connectivity index (χ4n) is 1.92. The molecule has 0 aliphatic heterocycles. The van der Waals surface area contributed by atoms with Gasteiger partial charge in [-0.25, -0.2) is 13.9 Å². The summed E-state index contributed by atoms with van der Waals surface area (Å²) in [6, 6.07) is 6.24. The number of hydrogen-bond acceptors (Lipinski definition) is 3. The monoisotopic (exact) mass is 296 g/mol. The number of anilines is 1. The van der Waals surface area contributed by atoms with Gasteiger partial charge in [0.2, 0.25) is 0 Å². The van der Waals surface area contributed by atoms with Crippen LogP contribution in [0.1, 0.15) is 5.56 Å². The minimum Gasteiger partial charge on any atom is -0.396 e. The summed E-state index contributed by atoms with van der Waals surface area (Å²) in [4.78, 5) is 4.04. The minimum atomic E-state index is -4.53. The molecule has 0 aliphatic carbocycles. The Bertz CT molecular complexity index is 823. The third kappa shape index (κ3) is 2.39. The van der Waals surface area contributed by atoms with E-state index < -0.39 is 17.6 Å². The lowest BCUT2D eigenvalue weighted by Gasteiger charge is -2.07. The van der Waals surface area contributed by atoms with E-state index in [0.29, 0.717) is 5.56 Å². The number of aromatic nitrogens is 3. The van der Waals surface area contributed by atoms with Gasteiger partial charge in [0.05, 0.1) is 11.3 Å². The molecular weight excluding hydrogens is 288 g/mol. The van der Waals surface area contributed by atoms with E-state index in [1.54, 1.807) is 6.07 Å². The Labute approximate surface area is 115 Å². The zero-order chi connectivity index (χ0) is 15.2. The molecule has 0 unspecified atom stereocenters. The van der Waals surface area contributed by atoms with Crippen molar-refractivity contribution in [2.45, 2.75) is 6.18 Å². The van der Waals surface area contributed by atoms with E-state index in [1.807, 2.05) is 0 Å². The highest BCUT2D eigenvalue weighted by Crippen LogP contribution is 2.31. The molecule has 0 bridgehead atoms. The summed E-state index contributed by atoms with van der Waals surface area (Å²) in [5, 5.41) is 3.92. The van der Waals surface area contributed by atoms with Crippen molar-refractivity contribution in [3.63, 3.8) is 0 Å². The van der Waals surface area contributed by atoms with Crippen LogP contribution in [0, 0.1) is 5.82 Å². The maximum absolute atomic E-state index is 13.2. The number of alkyl halides is 3. The summed E-state index contributed by atoms with van der Waals surface area (Å²) in [5.41, 5.74) is 4.94. The van der Waals surface area contributed by atoms with Gasteiger partial charge in [-0.15, -0.1) is 5.10 Å². The zero-order valence-electron chi connectivity index (χ0n) is 10.4. The van der Waals surface area contributed by atoms with Crippen molar-refractivity contribution in [3.8, 4) is 11.4 Å². The predicted octanol–water partition coefficient (Wildman–Crippen LogP) is 3.14. The molecule has 0 spiro atoms. The van der Waals surface area contributed by atoms with Crippen LogP contribution in [0.2, 0.25) is 0 Å². The summed E-state index contributed by atoms with van der Waals surface area (Å²) in [6.07, 6.45) is -3.74. The highest BCUT2D eigenvalue weighted by atomic mass is 19.4. The van der Waals surface area contributed by atoms with Crippen LogP contribution in [-0.2, 0) is 6.18 Å². The molecule has 3 rings (SSSR count). The van der Waals surface area contributed by atoms with Gasteiger partial charge in [0.15, 0.2) is 11.5 Å². The molecule has 4 nitrogen and oxygen atoms in total. The van der Waals surface area contributed by atoms with E-state index in [1.165, 1.54) is 18.2 Å². The van der Waals surface area contributed by atoms with Crippen LogP contribution in [-0.4, -0.2) is 14.6 Å². The molecule has 0 fully saturated rings. The first-order valence-corrected chi connectivity index (χ1v) is 5.83. The summed E-state index contributed by atoms with van der Waals surface area (Å²) in [6.45, 7) is 0. The van der Waals surface area contributed by atoms with Crippen molar-refractivity contribution in [1.82, 2.24) is 14.6 Å². The standard InChI is InChI=1S/C13H8F4N4/c14-9-3-1-2-7(4-9)11-19-12-10(18)5-8(13(15,16)17)6-21(12)20-11/h1-6H,18H2. The fraction of sp³-hybridized carbons (Fsp3) is 0.0769. The van der Waals surface area contributed by atoms with Crippen molar-refractivity contribution in [1.29, 1.82) is 0 Å². The number of nitrogen functional groups attached to an aromatic ring is 1. The third-order valence-electron chi connectivity index (χ3n) is 2.87. The Morgan fingerprint density at radius 1 is 1.14 bits per heavy atom. The molecule has 2 N–H and O–H groups in total. The first-order valence-electron chi connectivity index (χ1n) is 5.83. The smallest absolute Gasteiger partial charge is 0.396 e. The van der Waals surface area contributed by atoms with Gasteiger partial charge in [0.1, 0.15) is 5.82 Å². The number of nitrogens with zero attached hydrogens (tertiary/aromatic N) is 3. The second-order valence-electron chi connectivity index (χ2n) is 4.40. The molecule has 0 amide bonds. The molecule has 1 aromatic carbocycles. The number of fused-ring (bicyclic) bond motifs is 1. The van der Waals surface area contributed by atoms with Crippen molar-refractivity contribution in [2.75, 3.05) is 5.73 Å². The number of hydrogen-bond donors (Lipinski definition) is 1. The number of halogens is 4. The number of nitrogens with two attached hydrogens (primary N) is 1. The van der Waals surface area contributed by atoms with Crippen LogP contribution in [0.15, 0.2) is 36.5 Å². The van der Waals surface area contributed by atoms with Crippen LogP contribution in [0.5, 0.6) is 0 Å². The lowest BCUT2D eigenvalue weighted by Crippen LogP contribution is -2.08. The van der Waals surface area contributed by atoms with Crippen LogP contribution in [0.3, 0.4) is 0 Å². The Hall–Kier alpha value is -2.64. The average Bonchev–Trinajstić information content (AvgIpc) is 2.82. The Kier molecular flexibility index (Phi) is 2.82. The molecule has 0 saturated heterocycles. The van der Waals surface area contributed by atoms with Gasteiger partial charge in [-0.05, 0) is 18.2 Å². The second-order valence-corrected chi connectivity index (χ2v) is 4.40. The van der Waals surface area contributed by atoms with E-state index in [2.05, 4.69) is 10.1 Å². The quantitative estimate of drug-likeness (QED) is 0.702. The molecule has 3 aromatic rings. The largest absolute Gasteiger partial charge is 0.417 e. The first kappa shape index (κ1) is 13.3. The molecule has 2 heterocycles. The van der Waals surface area contributed by atoms with Gasteiger partial charge in [0.25, 0.3) is 0 Å². The van der Waals surface area contributed by atoms with Crippen LogP contribution in [0.4, 0.5) is 23.2 Å². The molecule has 0 atom stereocenters. The van der Waals surface area contributed by atoms with Crippen molar-refractivity contribution in [3.05, 3.63) is 47.9 Å². The van der Waals surface area contributed by atoms with Crippen molar-refractivity contribution in [2.24, 2.45) is 0 Å². The van der Waals surface area contributed by atoms with E-state index >= 15 is 0 Å². The molecule has 21 heavy (non-hydrogen) atoms. The molecule has 8 heteroatoms. The Morgan fingerprint density at radius 2 is 1.90 bits per heavy atom. The normalized spacial score (nSPS) is 12.0. The van der Waals surface area contributed by atoms with Gasteiger partial charge in [0, 0.05) is 11.8 Å². The number of pyridine rings is 1. The van der Waals surface area contributed by atoms with E-state index in [9.17, 15) is 17.6 Å². The lowest BCUT2D eigenvalue weighted by atomic mass is 10.2. The maximum Gasteiger partial charge on any atom is 0.417 e. The van der Waals surface area contributed by atoms with Gasteiger partial charge < -0.3 is 5.73 Å². The lowest BCUT2D eigenvalue weighted by molar-refractivity contribution is -0.137. The van der Waals surface area contributed by atoms with Crippen molar-refractivity contribution >= 4 is 11.3 Å². The molecule has 0 radical (unpaired) electrons. The predicted molar refractivity (Wildman–Crippen MR) is 67.8 cm³/mol. The molecular formula is C13H8F4N4. The molecule has 0 saturated carbocycles. The topological polar surface area (TPSA) is 56.2 Å². The summed E-state index contributed by atoms with van der Waals surface area (Å²) in [7, 11) is 0. The summed E-state index contributed by atoms with van der Waals surface area (Å²) >= 11 is 0. The minimum absolute atomic E-state index is 0.0854. The highest BCUT2D eigenvalue weighted by molar-refractivity contribution is 5.69. The summed E-state index contributed by atoms with van der Waals surface area (Å²) in [5.74, 6) is -0.393. The first-order chi connectivity index (χ1) is 9.84.